The standard InChI is InChI=1S/C17H29N5O7/c1-3-18-5-4-6-19(14(18)24)13-29-12-9-22-16(26)20(7-10-23)15(25)21(17(22)27)8-11-28-2/h23H,3-13H2,1-2H3. The number of hydrogen-bond donors (Lipinski definition) is 1. The van der Waals surface area contributed by atoms with Crippen LogP contribution in [-0.2, 0) is 29.1 Å². The fourth-order valence-electron chi connectivity index (χ4n) is 3.13. The van der Waals surface area contributed by atoms with Crippen molar-refractivity contribution in [3.05, 3.63) is 31.5 Å². The molecule has 1 N–H and O–H groups in total. The largest absolute Gasteiger partial charge is 0.395 e. The zero-order valence-electron chi connectivity index (χ0n) is 16.9. The number of ether oxygens (including phenoxy) is 2. The quantitative estimate of drug-likeness (QED) is 0.411. The topological polar surface area (TPSA) is 128 Å². The van der Waals surface area contributed by atoms with Crippen molar-refractivity contribution in [3.63, 3.8) is 0 Å². The predicted molar refractivity (Wildman–Crippen MR) is 103 cm³/mol. The summed E-state index contributed by atoms with van der Waals surface area (Å²) >= 11 is 0. The smallest absolute Gasteiger partial charge is 0.336 e. The monoisotopic (exact) mass is 415 g/mol. The minimum atomic E-state index is -0.808. The highest BCUT2D eigenvalue weighted by molar-refractivity contribution is 5.74. The van der Waals surface area contributed by atoms with E-state index in [1.807, 2.05) is 6.92 Å². The zero-order valence-corrected chi connectivity index (χ0v) is 16.9. The molecule has 1 aliphatic heterocycles. The van der Waals surface area contributed by atoms with Crippen molar-refractivity contribution in [2.45, 2.75) is 33.0 Å². The number of nitrogens with zero attached hydrogens (tertiary/aromatic N) is 5. The normalized spacial score (nSPS) is 14.7. The zero-order chi connectivity index (χ0) is 21.4. The first-order valence-electron chi connectivity index (χ1n) is 9.62. The number of methoxy groups -OCH3 is 1. The lowest BCUT2D eigenvalue weighted by Gasteiger charge is -2.34. The van der Waals surface area contributed by atoms with E-state index >= 15 is 0 Å². The molecule has 2 amide bonds. The molecule has 164 valence electrons. The number of hydrogen-bond acceptors (Lipinski definition) is 7. The maximum Gasteiger partial charge on any atom is 0.336 e. The first-order chi connectivity index (χ1) is 14.0. The molecule has 0 aliphatic carbocycles. The fourth-order valence-corrected chi connectivity index (χ4v) is 3.13. The van der Waals surface area contributed by atoms with Crippen LogP contribution >= 0.6 is 0 Å². The van der Waals surface area contributed by atoms with E-state index in [2.05, 4.69) is 0 Å². The van der Waals surface area contributed by atoms with E-state index in [-0.39, 0.29) is 45.6 Å². The van der Waals surface area contributed by atoms with E-state index < -0.39 is 23.7 Å². The van der Waals surface area contributed by atoms with Crippen LogP contribution in [-0.4, -0.2) is 87.9 Å². The van der Waals surface area contributed by atoms with Crippen LogP contribution in [0.3, 0.4) is 0 Å². The minimum Gasteiger partial charge on any atom is -0.395 e. The van der Waals surface area contributed by atoms with Crippen molar-refractivity contribution in [1.82, 2.24) is 23.5 Å². The van der Waals surface area contributed by atoms with Crippen LogP contribution in [0, 0.1) is 0 Å². The summed E-state index contributed by atoms with van der Waals surface area (Å²) in [6.45, 7) is 3.27. The second-order valence-corrected chi connectivity index (χ2v) is 6.54. The van der Waals surface area contributed by atoms with Gasteiger partial charge in [-0.25, -0.2) is 32.9 Å². The van der Waals surface area contributed by atoms with Crippen LogP contribution in [0.1, 0.15) is 13.3 Å². The third kappa shape index (κ3) is 5.34. The second-order valence-electron chi connectivity index (χ2n) is 6.54. The van der Waals surface area contributed by atoms with Gasteiger partial charge in [0.25, 0.3) is 0 Å². The molecule has 1 aromatic heterocycles. The molecule has 0 aromatic carbocycles. The summed E-state index contributed by atoms with van der Waals surface area (Å²) in [5.74, 6) is 0. The van der Waals surface area contributed by atoms with Gasteiger partial charge in [-0.3, -0.25) is 0 Å². The molecule has 0 saturated carbocycles. The van der Waals surface area contributed by atoms with Gasteiger partial charge < -0.3 is 24.4 Å². The predicted octanol–water partition coefficient (Wildman–Crippen LogP) is -2.07. The number of aliphatic hydroxyl groups is 1. The highest BCUT2D eigenvalue weighted by atomic mass is 16.5. The first-order valence-corrected chi connectivity index (χ1v) is 9.62. The van der Waals surface area contributed by atoms with Crippen molar-refractivity contribution in [2.24, 2.45) is 0 Å². The molecule has 0 bridgehead atoms. The third-order valence-electron chi connectivity index (χ3n) is 4.71. The summed E-state index contributed by atoms with van der Waals surface area (Å²) < 4.78 is 13.0. The summed E-state index contributed by atoms with van der Waals surface area (Å²) in [7, 11) is 1.43. The Morgan fingerprint density at radius 3 is 1.97 bits per heavy atom. The van der Waals surface area contributed by atoms with Gasteiger partial charge in [0.05, 0.1) is 39.5 Å². The van der Waals surface area contributed by atoms with Crippen LogP contribution in [0.5, 0.6) is 0 Å². The van der Waals surface area contributed by atoms with E-state index in [0.717, 1.165) is 20.1 Å². The Morgan fingerprint density at radius 1 is 0.862 bits per heavy atom. The Morgan fingerprint density at radius 2 is 1.41 bits per heavy atom. The van der Waals surface area contributed by atoms with Crippen LogP contribution in [0.4, 0.5) is 4.79 Å². The van der Waals surface area contributed by atoms with E-state index in [0.29, 0.717) is 19.6 Å². The number of carbonyl (C=O) groups is 1. The molecule has 29 heavy (non-hydrogen) atoms. The van der Waals surface area contributed by atoms with Crippen LogP contribution < -0.4 is 17.1 Å². The number of aromatic nitrogens is 3. The number of rotatable bonds is 11. The van der Waals surface area contributed by atoms with Crippen LogP contribution in [0.15, 0.2) is 14.4 Å². The molecule has 0 spiro atoms. The van der Waals surface area contributed by atoms with E-state index in [4.69, 9.17) is 14.6 Å². The maximum absolute atomic E-state index is 12.6. The highest BCUT2D eigenvalue weighted by Gasteiger charge is 2.24. The SMILES string of the molecule is CCN1CCCN(COCCn2c(=O)n(CCO)c(=O)n(CCOC)c2=O)C1=O. The number of aliphatic hydroxyl groups excluding tert-OH is 1. The summed E-state index contributed by atoms with van der Waals surface area (Å²) in [4.78, 5) is 52.9. The molecule has 1 aromatic rings. The minimum absolute atomic E-state index is 0.00661. The van der Waals surface area contributed by atoms with Gasteiger partial charge in [0.2, 0.25) is 0 Å². The first kappa shape index (κ1) is 22.8. The van der Waals surface area contributed by atoms with Gasteiger partial charge in [0.1, 0.15) is 6.73 Å². The average Bonchev–Trinajstić information content (AvgIpc) is 2.71. The van der Waals surface area contributed by atoms with E-state index in [9.17, 15) is 19.2 Å². The van der Waals surface area contributed by atoms with Gasteiger partial charge in [0, 0.05) is 26.7 Å². The fraction of sp³-hybridized carbons (Fsp3) is 0.765. The maximum atomic E-state index is 12.6. The van der Waals surface area contributed by atoms with Gasteiger partial charge in [0.15, 0.2) is 0 Å². The molecule has 2 rings (SSSR count). The molecule has 1 saturated heterocycles. The lowest BCUT2D eigenvalue weighted by Crippen LogP contribution is -2.55. The molecule has 2 heterocycles. The Bertz CT molecular complexity index is 859. The van der Waals surface area contributed by atoms with E-state index in [1.54, 1.807) is 9.80 Å². The van der Waals surface area contributed by atoms with Crippen molar-refractivity contribution < 1.29 is 19.4 Å². The Balaban J connectivity index is 2.10. The molecular formula is C17H29N5O7. The van der Waals surface area contributed by atoms with Crippen molar-refractivity contribution in [1.29, 1.82) is 0 Å². The molecule has 0 atom stereocenters. The van der Waals surface area contributed by atoms with Gasteiger partial charge in [-0.15, -0.1) is 0 Å². The van der Waals surface area contributed by atoms with Crippen LogP contribution in [0.2, 0.25) is 0 Å². The van der Waals surface area contributed by atoms with E-state index in [1.165, 1.54) is 7.11 Å². The van der Waals surface area contributed by atoms with Gasteiger partial charge in [-0.05, 0) is 13.3 Å². The average molecular weight is 415 g/mol. The Labute approximate surface area is 167 Å². The third-order valence-corrected chi connectivity index (χ3v) is 4.71. The molecule has 0 radical (unpaired) electrons. The molecule has 12 nitrogen and oxygen atoms in total. The Hall–Kier alpha value is -2.44. The number of carbonyl (C=O) groups excluding carboxylic acids is 1. The highest BCUT2D eigenvalue weighted by Crippen LogP contribution is 2.08. The lowest BCUT2D eigenvalue weighted by atomic mass is 10.3. The molecule has 12 heteroatoms. The van der Waals surface area contributed by atoms with Crippen molar-refractivity contribution >= 4 is 6.03 Å². The van der Waals surface area contributed by atoms with Gasteiger partial charge >= 0.3 is 23.1 Å². The summed E-state index contributed by atoms with van der Waals surface area (Å²) in [6, 6.07) is -0.102. The molecule has 1 fully saturated rings. The van der Waals surface area contributed by atoms with Crippen molar-refractivity contribution in [2.75, 3.05) is 53.3 Å². The molecule has 1 aliphatic rings. The molecular weight excluding hydrogens is 386 g/mol. The number of amides is 2. The summed E-state index contributed by atoms with van der Waals surface area (Å²) in [6.07, 6.45) is 0.846. The lowest BCUT2D eigenvalue weighted by molar-refractivity contribution is 0.0212. The van der Waals surface area contributed by atoms with Crippen LogP contribution in [0.25, 0.3) is 0 Å². The summed E-state index contributed by atoms with van der Waals surface area (Å²) in [5.41, 5.74) is -2.36. The Kier molecular flexibility index (Phi) is 8.61. The second kappa shape index (κ2) is 10.9. The van der Waals surface area contributed by atoms with Gasteiger partial charge in [-0.2, -0.15) is 0 Å². The van der Waals surface area contributed by atoms with Crippen molar-refractivity contribution in [3.8, 4) is 0 Å². The van der Waals surface area contributed by atoms with Gasteiger partial charge in [-0.1, -0.05) is 0 Å². The summed E-state index contributed by atoms with van der Waals surface area (Å²) in [5, 5.41) is 9.13. The number of urea groups is 1. The molecule has 0 unspecified atom stereocenters.